The quantitative estimate of drug-likeness (QED) is 0.356. The molecule has 1 aromatic carbocycles. The largest absolute Gasteiger partial charge is 0.409 e. The second-order valence-corrected chi connectivity index (χ2v) is 5.07. The fourth-order valence-corrected chi connectivity index (χ4v) is 2.53. The van der Waals surface area contributed by atoms with Crippen molar-refractivity contribution in [3.05, 3.63) is 29.8 Å². The summed E-state index contributed by atoms with van der Waals surface area (Å²) in [5, 5.41) is 11.9. The molecule has 2 rings (SSSR count). The van der Waals surface area contributed by atoms with Crippen molar-refractivity contribution in [2.24, 2.45) is 10.9 Å². The second-order valence-electron chi connectivity index (χ2n) is 5.07. The minimum Gasteiger partial charge on any atom is -0.409 e. The number of para-hydroxylation sites is 1. The standard InChI is InChI=1S/C13H19N3O/c1-13(2)8-5-9-16(13)11-7-4-3-6-10(11)12(14)15-17/h3-4,6-7,17H,5,8-9H2,1-2H3,(H2,14,15). The van der Waals surface area contributed by atoms with Gasteiger partial charge in [0.15, 0.2) is 5.84 Å². The Labute approximate surface area is 102 Å². The van der Waals surface area contributed by atoms with E-state index in [9.17, 15) is 0 Å². The highest BCUT2D eigenvalue weighted by atomic mass is 16.4. The van der Waals surface area contributed by atoms with Gasteiger partial charge in [0.1, 0.15) is 0 Å². The second kappa shape index (κ2) is 4.28. The maximum atomic E-state index is 8.83. The molecule has 4 heteroatoms. The Hall–Kier alpha value is -1.71. The Morgan fingerprint density at radius 1 is 1.41 bits per heavy atom. The molecule has 1 aliphatic heterocycles. The fourth-order valence-electron chi connectivity index (χ4n) is 2.53. The first-order valence-corrected chi connectivity index (χ1v) is 5.91. The molecule has 0 saturated carbocycles. The third-order valence-electron chi connectivity index (χ3n) is 3.48. The molecule has 1 heterocycles. The smallest absolute Gasteiger partial charge is 0.172 e. The van der Waals surface area contributed by atoms with Crippen molar-refractivity contribution in [3.8, 4) is 0 Å². The summed E-state index contributed by atoms with van der Waals surface area (Å²) in [5.41, 5.74) is 7.70. The first-order chi connectivity index (χ1) is 8.06. The number of benzene rings is 1. The van der Waals surface area contributed by atoms with Gasteiger partial charge in [-0.25, -0.2) is 0 Å². The van der Waals surface area contributed by atoms with Gasteiger partial charge in [-0.2, -0.15) is 0 Å². The summed E-state index contributed by atoms with van der Waals surface area (Å²) in [5.74, 6) is 0.170. The maximum Gasteiger partial charge on any atom is 0.172 e. The maximum absolute atomic E-state index is 8.83. The molecule has 0 aliphatic carbocycles. The Balaban J connectivity index is 2.45. The van der Waals surface area contributed by atoms with Crippen LogP contribution in [0.15, 0.2) is 29.4 Å². The van der Waals surface area contributed by atoms with E-state index in [1.165, 1.54) is 6.42 Å². The summed E-state index contributed by atoms with van der Waals surface area (Å²) < 4.78 is 0. The molecular formula is C13H19N3O. The Morgan fingerprint density at radius 2 is 2.12 bits per heavy atom. The average molecular weight is 233 g/mol. The number of hydrogen-bond donors (Lipinski definition) is 2. The van der Waals surface area contributed by atoms with Crippen molar-refractivity contribution in [2.45, 2.75) is 32.2 Å². The third-order valence-corrected chi connectivity index (χ3v) is 3.48. The van der Waals surface area contributed by atoms with E-state index in [0.29, 0.717) is 0 Å². The Morgan fingerprint density at radius 3 is 2.71 bits per heavy atom. The zero-order valence-corrected chi connectivity index (χ0v) is 10.3. The van der Waals surface area contributed by atoms with Gasteiger partial charge in [-0.05, 0) is 38.8 Å². The summed E-state index contributed by atoms with van der Waals surface area (Å²) >= 11 is 0. The van der Waals surface area contributed by atoms with Gasteiger partial charge in [0, 0.05) is 23.3 Å². The molecule has 92 valence electrons. The minimum absolute atomic E-state index is 0.131. The van der Waals surface area contributed by atoms with Crippen LogP contribution in [0.4, 0.5) is 5.69 Å². The fraction of sp³-hybridized carbons (Fsp3) is 0.462. The van der Waals surface area contributed by atoms with Gasteiger partial charge in [-0.1, -0.05) is 17.3 Å². The van der Waals surface area contributed by atoms with Crippen LogP contribution in [0.3, 0.4) is 0 Å². The topological polar surface area (TPSA) is 61.8 Å². The zero-order valence-electron chi connectivity index (χ0n) is 10.3. The van der Waals surface area contributed by atoms with Crippen molar-refractivity contribution in [1.82, 2.24) is 0 Å². The summed E-state index contributed by atoms with van der Waals surface area (Å²) in [6.45, 7) is 5.47. The summed E-state index contributed by atoms with van der Waals surface area (Å²) in [4.78, 5) is 2.33. The number of amidine groups is 1. The van der Waals surface area contributed by atoms with Crippen LogP contribution in [-0.4, -0.2) is 23.1 Å². The number of nitrogens with zero attached hydrogens (tertiary/aromatic N) is 2. The minimum atomic E-state index is 0.131. The van der Waals surface area contributed by atoms with Gasteiger partial charge in [0.2, 0.25) is 0 Å². The van der Waals surface area contributed by atoms with Crippen LogP contribution < -0.4 is 10.6 Å². The van der Waals surface area contributed by atoms with Crippen LogP contribution in [0, 0.1) is 0 Å². The number of rotatable bonds is 2. The van der Waals surface area contributed by atoms with Crippen LogP contribution >= 0.6 is 0 Å². The van der Waals surface area contributed by atoms with Gasteiger partial charge >= 0.3 is 0 Å². The van der Waals surface area contributed by atoms with E-state index in [1.54, 1.807) is 0 Å². The lowest BCUT2D eigenvalue weighted by Gasteiger charge is -2.35. The predicted octanol–water partition coefficient (Wildman–Crippen LogP) is 2.16. The highest BCUT2D eigenvalue weighted by Gasteiger charge is 2.33. The molecule has 0 bridgehead atoms. The van der Waals surface area contributed by atoms with E-state index in [0.717, 1.165) is 24.2 Å². The summed E-state index contributed by atoms with van der Waals surface area (Å²) in [6, 6.07) is 7.80. The molecule has 0 aromatic heterocycles. The van der Waals surface area contributed by atoms with E-state index in [2.05, 4.69) is 23.9 Å². The van der Waals surface area contributed by atoms with Crippen LogP contribution in [0.1, 0.15) is 32.3 Å². The van der Waals surface area contributed by atoms with E-state index >= 15 is 0 Å². The molecule has 4 nitrogen and oxygen atoms in total. The first kappa shape index (κ1) is 11.8. The molecule has 0 amide bonds. The first-order valence-electron chi connectivity index (χ1n) is 5.91. The van der Waals surface area contributed by atoms with Gasteiger partial charge in [0.05, 0.1) is 0 Å². The zero-order chi connectivity index (χ0) is 12.5. The molecule has 0 unspecified atom stereocenters. The molecule has 0 radical (unpaired) electrons. The highest BCUT2D eigenvalue weighted by Crippen LogP contribution is 2.35. The van der Waals surface area contributed by atoms with Crippen molar-refractivity contribution in [1.29, 1.82) is 0 Å². The third kappa shape index (κ3) is 2.07. The molecule has 3 N–H and O–H groups in total. The Bertz CT molecular complexity index is 440. The molecule has 1 saturated heterocycles. The molecule has 0 spiro atoms. The molecule has 1 aromatic rings. The van der Waals surface area contributed by atoms with Gasteiger partial charge in [0.25, 0.3) is 0 Å². The lowest BCUT2D eigenvalue weighted by Crippen LogP contribution is -2.39. The van der Waals surface area contributed by atoms with Crippen molar-refractivity contribution in [2.75, 3.05) is 11.4 Å². The monoisotopic (exact) mass is 233 g/mol. The molecule has 1 aliphatic rings. The van der Waals surface area contributed by atoms with Crippen LogP contribution in [-0.2, 0) is 0 Å². The van der Waals surface area contributed by atoms with Gasteiger partial charge in [-0.15, -0.1) is 0 Å². The number of anilines is 1. The summed E-state index contributed by atoms with van der Waals surface area (Å²) in [7, 11) is 0. The van der Waals surface area contributed by atoms with Crippen molar-refractivity contribution < 1.29 is 5.21 Å². The van der Waals surface area contributed by atoms with Crippen LogP contribution in [0.2, 0.25) is 0 Å². The van der Waals surface area contributed by atoms with E-state index < -0.39 is 0 Å². The number of hydrogen-bond acceptors (Lipinski definition) is 3. The molecule has 17 heavy (non-hydrogen) atoms. The highest BCUT2D eigenvalue weighted by molar-refractivity contribution is 6.02. The van der Waals surface area contributed by atoms with E-state index in [4.69, 9.17) is 10.9 Å². The average Bonchev–Trinajstić information content (AvgIpc) is 2.68. The van der Waals surface area contributed by atoms with E-state index in [1.807, 2.05) is 24.3 Å². The van der Waals surface area contributed by atoms with Crippen LogP contribution in [0.5, 0.6) is 0 Å². The number of oxime groups is 1. The predicted molar refractivity (Wildman–Crippen MR) is 69.6 cm³/mol. The molecular weight excluding hydrogens is 214 g/mol. The van der Waals surface area contributed by atoms with Gasteiger partial charge < -0.3 is 15.8 Å². The Kier molecular flexibility index (Phi) is 2.96. The van der Waals surface area contributed by atoms with Crippen LogP contribution in [0.25, 0.3) is 0 Å². The lowest BCUT2D eigenvalue weighted by atomic mass is 10.0. The van der Waals surface area contributed by atoms with Crippen molar-refractivity contribution in [3.63, 3.8) is 0 Å². The normalized spacial score (nSPS) is 19.6. The summed E-state index contributed by atoms with van der Waals surface area (Å²) in [6.07, 6.45) is 2.34. The molecule has 1 fully saturated rings. The SMILES string of the molecule is CC1(C)CCCN1c1ccccc1C(N)=NO. The van der Waals surface area contributed by atoms with Crippen molar-refractivity contribution >= 4 is 11.5 Å². The number of nitrogens with two attached hydrogens (primary N) is 1. The molecule has 0 atom stereocenters. The van der Waals surface area contributed by atoms with E-state index in [-0.39, 0.29) is 11.4 Å². The lowest BCUT2D eigenvalue weighted by molar-refractivity contribution is 0.318. The van der Waals surface area contributed by atoms with Gasteiger partial charge in [-0.3, -0.25) is 0 Å².